The second-order valence-corrected chi connectivity index (χ2v) is 5.52. The van der Waals surface area contributed by atoms with Gasteiger partial charge in [-0.05, 0) is 49.8 Å². The van der Waals surface area contributed by atoms with E-state index < -0.39 is 0 Å². The standard InChI is InChI=1S/C16H22FNO2.ClH/c1-12(20-13(2)19)18-9-7-15(8-10-18)11-14-3-5-16(17)6-4-14;/h3-6,12,15H,7-11H2,1-2H3;1H. The third-order valence-electron chi connectivity index (χ3n) is 3.94. The van der Waals surface area contributed by atoms with Crippen molar-refractivity contribution >= 4 is 18.4 Å². The van der Waals surface area contributed by atoms with Crippen molar-refractivity contribution < 1.29 is 13.9 Å². The van der Waals surface area contributed by atoms with Gasteiger partial charge in [-0.15, -0.1) is 12.4 Å². The van der Waals surface area contributed by atoms with Gasteiger partial charge in [0.25, 0.3) is 0 Å². The van der Waals surface area contributed by atoms with Gasteiger partial charge >= 0.3 is 5.97 Å². The zero-order valence-corrected chi connectivity index (χ0v) is 13.4. The van der Waals surface area contributed by atoms with Crippen molar-refractivity contribution in [3.63, 3.8) is 0 Å². The Hall–Kier alpha value is -1.13. The first-order valence-electron chi connectivity index (χ1n) is 7.20. The minimum atomic E-state index is -0.231. The van der Waals surface area contributed by atoms with Gasteiger partial charge in [0.15, 0.2) is 6.23 Å². The number of ether oxygens (including phenoxy) is 1. The number of halogens is 2. The van der Waals surface area contributed by atoms with Gasteiger partial charge in [0.05, 0.1) is 0 Å². The Morgan fingerprint density at radius 3 is 2.43 bits per heavy atom. The van der Waals surface area contributed by atoms with Crippen molar-refractivity contribution in [2.45, 2.75) is 39.3 Å². The molecule has 118 valence electrons. The fraction of sp³-hybridized carbons (Fsp3) is 0.562. The summed E-state index contributed by atoms with van der Waals surface area (Å²) in [6.07, 6.45) is 3.03. The Labute approximate surface area is 131 Å². The van der Waals surface area contributed by atoms with E-state index in [2.05, 4.69) is 4.90 Å². The van der Waals surface area contributed by atoms with E-state index in [9.17, 15) is 9.18 Å². The minimum Gasteiger partial charge on any atom is -0.447 e. The fourth-order valence-electron chi connectivity index (χ4n) is 2.79. The molecule has 1 unspecified atom stereocenters. The van der Waals surface area contributed by atoms with E-state index in [0.29, 0.717) is 5.92 Å². The summed E-state index contributed by atoms with van der Waals surface area (Å²) < 4.78 is 18.1. The predicted molar refractivity (Wildman–Crippen MR) is 82.9 cm³/mol. The summed E-state index contributed by atoms with van der Waals surface area (Å²) >= 11 is 0. The molecule has 0 N–H and O–H groups in total. The summed E-state index contributed by atoms with van der Waals surface area (Å²) in [5.74, 6) is 0.214. The van der Waals surface area contributed by atoms with E-state index in [1.54, 1.807) is 0 Å². The van der Waals surface area contributed by atoms with Gasteiger partial charge in [-0.25, -0.2) is 4.39 Å². The van der Waals surface area contributed by atoms with Gasteiger partial charge < -0.3 is 4.74 Å². The average Bonchev–Trinajstić information content (AvgIpc) is 2.41. The summed E-state index contributed by atoms with van der Waals surface area (Å²) in [6.45, 7) is 5.25. The zero-order chi connectivity index (χ0) is 14.5. The van der Waals surface area contributed by atoms with E-state index in [1.165, 1.54) is 24.6 Å². The van der Waals surface area contributed by atoms with E-state index in [1.807, 2.05) is 19.1 Å². The molecule has 21 heavy (non-hydrogen) atoms. The minimum absolute atomic E-state index is 0. The number of benzene rings is 1. The fourth-order valence-corrected chi connectivity index (χ4v) is 2.79. The number of piperidine rings is 1. The molecule has 1 heterocycles. The average molecular weight is 316 g/mol. The van der Waals surface area contributed by atoms with Gasteiger partial charge in [-0.2, -0.15) is 0 Å². The molecule has 2 rings (SSSR count). The van der Waals surface area contributed by atoms with E-state index >= 15 is 0 Å². The lowest BCUT2D eigenvalue weighted by molar-refractivity contribution is -0.156. The molecule has 1 aromatic carbocycles. The van der Waals surface area contributed by atoms with Crippen molar-refractivity contribution in [1.29, 1.82) is 0 Å². The first-order valence-corrected chi connectivity index (χ1v) is 7.20. The van der Waals surface area contributed by atoms with Crippen LogP contribution in [0.3, 0.4) is 0 Å². The summed E-state index contributed by atoms with van der Waals surface area (Å²) in [6, 6.07) is 6.77. The van der Waals surface area contributed by atoms with Crippen LogP contribution in [0, 0.1) is 11.7 Å². The molecule has 5 heteroatoms. The molecule has 1 aliphatic heterocycles. The highest BCUT2D eigenvalue weighted by molar-refractivity contribution is 5.85. The van der Waals surface area contributed by atoms with Crippen molar-refractivity contribution in [3.8, 4) is 0 Å². The number of carbonyl (C=O) groups is 1. The van der Waals surface area contributed by atoms with Crippen LogP contribution in [-0.2, 0) is 16.0 Å². The number of likely N-dealkylation sites (tertiary alicyclic amines) is 1. The van der Waals surface area contributed by atoms with Crippen LogP contribution in [0.2, 0.25) is 0 Å². The monoisotopic (exact) mass is 315 g/mol. The highest BCUT2D eigenvalue weighted by atomic mass is 35.5. The number of carbonyl (C=O) groups excluding carboxylic acids is 1. The van der Waals surface area contributed by atoms with E-state index in [4.69, 9.17) is 4.74 Å². The molecule has 3 nitrogen and oxygen atoms in total. The van der Waals surface area contributed by atoms with Crippen LogP contribution in [0.4, 0.5) is 4.39 Å². The summed E-state index contributed by atoms with van der Waals surface area (Å²) in [7, 11) is 0. The molecule has 0 aromatic heterocycles. The summed E-state index contributed by atoms with van der Waals surface area (Å²) in [4.78, 5) is 13.1. The predicted octanol–water partition coefficient (Wildman–Crippen LogP) is 3.41. The molecule has 0 radical (unpaired) electrons. The van der Waals surface area contributed by atoms with Crippen LogP contribution in [0.25, 0.3) is 0 Å². The van der Waals surface area contributed by atoms with E-state index in [-0.39, 0.29) is 30.4 Å². The quantitative estimate of drug-likeness (QED) is 0.797. The molecular weight excluding hydrogens is 293 g/mol. The number of hydrogen-bond acceptors (Lipinski definition) is 3. The SMILES string of the molecule is CC(=O)OC(C)N1CCC(Cc2ccc(F)cc2)CC1.Cl. The van der Waals surface area contributed by atoms with Crippen molar-refractivity contribution in [2.75, 3.05) is 13.1 Å². The maximum absolute atomic E-state index is 12.9. The second-order valence-electron chi connectivity index (χ2n) is 5.52. The van der Waals surface area contributed by atoms with Crippen LogP contribution in [0.5, 0.6) is 0 Å². The number of nitrogens with zero attached hydrogens (tertiary/aromatic N) is 1. The van der Waals surface area contributed by atoms with Gasteiger partial charge in [0, 0.05) is 20.0 Å². The van der Waals surface area contributed by atoms with Crippen LogP contribution < -0.4 is 0 Å². The Bertz CT molecular complexity index is 444. The van der Waals surface area contributed by atoms with Crippen molar-refractivity contribution in [3.05, 3.63) is 35.6 Å². The molecule has 0 aliphatic carbocycles. The molecule has 1 saturated heterocycles. The van der Waals surface area contributed by atoms with Gasteiger partial charge in [-0.3, -0.25) is 9.69 Å². The normalized spacial score (nSPS) is 17.9. The molecular formula is C16H23ClFNO2. The molecule has 1 fully saturated rings. The Balaban J connectivity index is 0.00000220. The molecule has 0 spiro atoms. The number of hydrogen-bond donors (Lipinski definition) is 0. The molecule has 1 aromatic rings. The Kier molecular flexibility index (Phi) is 7.12. The lowest BCUT2D eigenvalue weighted by Gasteiger charge is -2.35. The maximum atomic E-state index is 12.9. The summed E-state index contributed by atoms with van der Waals surface area (Å²) in [5, 5.41) is 0. The van der Waals surface area contributed by atoms with E-state index in [0.717, 1.165) is 32.4 Å². The molecule has 1 aliphatic rings. The Morgan fingerprint density at radius 1 is 1.33 bits per heavy atom. The zero-order valence-electron chi connectivity index (χ0n) is 12.5. The van der Waals surface area contributed by atoms with Gasteiger partial charge in [-0.1, -0.05) is 12.1 Å². The van der Waals surface area contributed by atoms with Gasteiger partial charge in [0.2, 0.25) is 0 Å². The first kappa shape index (κ1) is 17.9. The third kappa shape index (κ3) is 5.64. The highest BCUT2D eigenvalue weighted by Gasteiger charge is 2.24. The topological polar surface area (TPSA) is 29.5 Å². The van der Waals surface area contributed by atoms with Crippen molar-refractivity contribution in [2.24, 2.45) is 5.92 Å². The highest BCUT2D eigenvalue weighted by Crippen LogP contribution is 2.23. The van der Waals surface area contributed by atoms with Crippen LogP contribution >= 0.6 is 12.4 Å². The lowest BCUT2D eigenvalue weighted by Crippen LogP contribution is -2.42. The van der Waals surface area contributed by atoms with Crippen LogP contribution in [-0.4, -0.2) is 30.2 Å². The second kappa shape index (κ2) is 8.35. The number of esters is 1. The third-order valence-corrected chi connectivity index (χ3v) is 3.94. The van der Waals surface area contributed by atoms with Gasteiger partial charge in [0.1, 0.15) is 5.82 Å². The molecule has 0 amide bonds. The number of rotatable bonds is 4. The maximum Gasteiger partial charge on any atom is 0.304 e. The molecule has 0 bridgehead atoms. The molecule has 0 saturated carbocycles. The first-order chi connectivity index (χ1) is 9.54. The van der Waals surface area contributed by atoms with Crippen LogP contribution in [0.1, 0.15) is 32.3 Å². The molecule has 1 atom stereocenters. The van der Waals surface area contributed by atoms with Crippen LogP contribution in [0.15, 0.2) is 24.3 Å². The smallest absolute Gasteiger partial charge is 0.304 e. The summed E-state index contributed by atoms with van der Waals surface area (Å²) in [5.41, 5.74) is 1.19. The lowest BCUT2D eigenvalue weighted by atomic mass is 9.90. The largest absolute Gasteiger partial charge is 0.447 e. The Morgan fingerprint density at radius 2 is 1.90 bits per heavy atom. The van der Waals surface area contributed by atoms with Crippen molar-refractivity contribution in [1.82, 2.24) is 4.90 Å².